The normalized spacial score (nSPS) is 18.9. The molecule has 0 radical (unpaired) electrons. The van der Waals surface area contributed by atoms with Crippen LogP contribution < -0.4 is 5.56 Å². The third kappa shape index (κ3) is 3.21. The summed E-state index contributed by atoms with van der Waals surface area (Å²) in [6.07, 6.45) is 1.04. The van der Waals surface area contributed by atoms with Crippen LogP contribution in [0.5, 0.6) is 0 Å². The van der Waals surface area contributed by atoms with Gasteiger partial charge in [-0.15, -0.1) is 0 Å². The monoisotopic (exact) mass is 281 g/mol. The summed E-state index contributed by atoms with van der Waals surface area (Å²) < 4.78 is 6.39. The minimum absolute atomic E-state index is 0.0467. The molecular formula is C12H15N3O5. The standard InChI is InChI=1S/C12H15N3O5/c1-9-6-13(4-5-20-9)12(17)8-14-7-10(15(18)19)2-3-11(14)16/h2-3,7,9H,4-6,8H2,1H3/t9-/m0/s1. The van der Waals surface area contributed by atoms with E-state index in [1.807, 2.05) is 6.92 Å². The van der Waals surface area contributed by atoms with Gasteiger partial charge in [0, 0.05) is 25.2 Å². The van der Waals surface area contributed by atoms with Crippen molar-refractivity contribution in [1.82, 2.24) is 9.47 Å². The summed E-state index contributed by atoms with van der Waals surface area (Å²) in [7, 11) is 0. The summed E-state index contributed by atoms with van der Waals surface area (Å²) >= 11 is 0. The van der Waals surface area contributed by atoms with Crippen LogP contribution in [0.3, 0.4) is 0 Å². The Morgan fingerprint density at radius 2 is 2.30 bits per heavy atom. The van der Waals surface area contributed by atoms with Crippen molar-refractivity contribution in [3.8, 4) is 0 Å². The summed E-state index contributed by atoms with van der Waals surface area (Å²) in [5, 5.41) is 10.7. The average molecular weight is 281 g/mol. The van der Waals surface area contributed by atoms with E-state index >= 15 is 0 Å². The number of hydrogen-bond acceptors (Lipinski definition) is 5. The second kappa shape index (κ2) is 5.83. The molecule has 2 rings (SSSR count). The van der Waals surface area contributed by atoms with Gasteiger partial charge in [0.15, 0.2) is 0 Å². The zero-order valence-corrected chi connectivity index (χ0v) is 11.0. The van der Waals surface area contributed by atoms with Crippen molar-refractivity contribution in [2.24, 2.45) is 0 Å². The molecule has 1 aliphatic rings. The van der Waals surface area contributed by atoms with E-state index in [4.69, 9.17) is 4.74 Å². The molecule has 8 nitrogen and oxygen atoms in total. The summed E-state index contributed by atoms with van der Waals surface area (Å²) in [6.45, 7) is 3.04. The fourth-order valence-corrected chi connectivity index (χ4v) is 2.04. The van der Waals surface area contributed by atoms with Crippen molar-refractivity contribution in [1.29, 1.82) is 0 Å². The summed E-state index contributed by atoms with van der Waals surface area (Å²) in [5.74, 6) is -0.247. The van der Waals surface area contributed by atoms with Gasteiger partial charge in [-0.2, -0.15) is 0 Å². The minimum Gasteiger partial charge on any atom is -0.375 e. The number of rotatable bonds is 3. The maximum atomic E-state index is 12.1. The number of nitro groups is 1. The Morgan fingerprint density at radius 3 is 2.95 bits per heavy atom. The van der Waals surface area contributed by atoms with Crippen LogP contribution in [0.1, 0.15) is 6.92 Å². The van der Waals surface area contributed by atoms with Gasteiger partial charge in [0.05, 0.1) is 23.8 Å². The molecule has 0 unspecified atom stereocenters. The predicted octanol–water partition coefficient (Wildman–Crippen LogP) is 0.00380. The van der Waals surface area contributed by atoms with E-state index in [-0.39, 0.29) is 24.2 Å². The predicted molar refractivity (Wildman–Crippen MR) is 69.4 cm³/mol. The van der Waals surface area contributed by atoms with E-state index in [1.165, 1.54) is 0 Å². The molecular weight excluding hydrogens is 266 g/mol. The molecule has 1 atom stereocenters. The van der Waals surface area contributed by atoms with Crippen LogP contribution in [-0.2, 0) is 16.1 Å². The van der Waals surface area contributed by atoms with E-state index < -0.39 is 10.5 Å². The molecule has 0 aliphatic carbocycles. The highest BCUT2D eigenvalue weighted by Gasteiger charge is 2.22. The maximum absolute atomic E-state index is 12.1. The van der Waals surface area contributed by atoms with Crippen molar-refractivity contribution in [2.45, 2.75) is 19.6 Å². The number of morpholine rings is 1. The van der Waals surface area contributed by atoms with Crippen LogP contribution in [0.4, 0.5) is 5.69 Å². The van der Waals surface area contributed by atoms with Gasteiger partial charge in [-0.25, -0.2) is 0 Å². The van der Waals surface area contributed by atoms with Crippen LogP contribution >= 0.6 is 0 Å². The third-order valence-electron chi connectivity index (χ3n) is 3.08. The largest absolute Gasteiger partial charge is 0.375 e. The van der Waals surface area contributed by atoms with Gasteiger partial charge in [0.1, 0.15) is 6.54 Å². The molecule has 0 spiro atoms. The van der Waals surface area contributed by atoms with Crippen molar-refractivity contribution in [2.75, 3.05) is 19.7 Å². The van der Waals surface area contributed by atoms with Crippen LogP contribution in [-0.4, -0.2) is 46.1 Å². The molecule has 2 heterocycles. The first-order valence-electron chi connectivity index (χ1n) is 6.21. The topological polar surface area (TPSA) is 94.7 Å². The first-order valence-corrected chi connectivity index (χ1v) is 6.21. The van der Waals surface area contributed by atoms with Crippen molar-refractivity contribution < 1.29 is 14.5 Å². The van der Waals surface area contributed by atoms with Gasteiger partial charge >= 0.3 is 0 Å². The summed E-state index contributed by atoms with van der Waals surface area (Å²) in [5.41, 5.74) is -0.655. The molecule has 0 aromatic carbocycles. The smallest absolute Gasteiger partial charge is 0.285 e. The number of carbonyl (C=O) groups is 1. The number of ether oxygens (including phenoxy) is 1. The molecule has 1 aromatic heterocycles. The Morgan fingerprint density at radius 1 is 1.55 bits per heavy atom. The zero-order chi connectivity index (χ0) is 14.7. The van der Waals surface area contributed by atoms with Crippen LogP contribution in [0, 0.1) is 10.1 Å². The Hall–Kier alpha value is -2.22. The molecule has 0 saturated carbocycles. The van der Waals surface area contributed by atoms with Crippen LogP contribution in [0.2, 0.25) is 0 Å². The van der Waals surface area contributed by atoms with Gasteiger partial charge < -0.3 is 9.64 Å². The van der Waals surface area contributed by atoms with Crippen LogP contribution in [0.15, 0.2) is 23.1 Å². The van der Waals surface area contributed by atoms with Crippen molar-refractivity contribution >= 4 is 11.6 Å². The summed E-state index contributed by atoms with van der Waals surface area (Å²) in [4.78, 5) is 35.4. The van der Waals surface area contributed by atoms with E-state index in [9.17, 15) is 19.7 Å². The quantitative estimate of drug-likeness (QED) is 0.574. The maximum Gasteiger partial charge on any atom is 0.285 e. The molecule has 8 heteroatoms. The van der Waals surface area contributed by atoms with Gasteiger partial charge in [-0.05, 0) is 6.92 Å². The Kier molecular flexibility index (Phi) is 4.14. The molecule has 108 valence electrons. The van der Waals surface area contributed by atoms with Crippen molar-refractivity contribution in [3.05, 3.63) is 38.8 Å². The molecule has 1 fully saturated rings. The highest BCUT2D eigenvalue weighted by atomic mass is 16.6. The molecule has 20 heavy (non-hydrogen) atoms. The Bertz CT molecular complexity index is 583. The first kappa shape index (κ1) is 14.2. The van der Waals surface area contributed by atoms with E-state index in [1.54, 1.807) is 4.90 Å². The fraction of sp³-hybridized carbons (Fsp3) is 0.500. The summed E-state index contributed by atoms with van der Waals surface area (Å²) in [6, 6.07) is 2.22. The van der Waals surface area contributed by atoms with Gasteiger partial charge in [0.25, 0.3) is 11.2 Å². The third-order valence-corrected chi connectivity index (χ3v) is 3.08. The number of hydrogen-bond donors (Lipinski definition) is 0. The Balaban J connectivity index is 2.13. The number of nitrogens with zero attached hydrogens (tertiary/aromatic N) is 3. The Labute approximate surface area is 114 Å². The SMILES string of the molecule is C[C@H]1CN(C(=O)Cn2cc([N+](=O)[O-])ccc2=O)CCO1. The molecule has 1 amide bonds. The number of aromatic nitrogens is 1. The lowest BCUT2D eigenvalue weighted by Gasteiger charge is -2.31. The second-order valence-electron chi connectivity index (χ2n) is 4.63. The van der Waals surface area contributed by atoms with Crippen molar-refractivity contribution in [3.63, 3.8) is 0 Å². The van der Waals surface area contributed by atoms with Crippen LogP contribution in [0.25, 0.3) is 0 Å². The molecule has 0 N–H and O–H groups in total. The highest BCUT2D eigenvalue weighted by Crippen LogP contribution is 2.08. The molecule has 0 bridgehead atoms. The van der Waals surface area contributed by atoms with E-state index in [0.29, 0.717) is 19.7 Å². The number of pyridine rings is 1. The highest BCUT2D eigenvalue weighted by molar-refractivity contribution is 5.76. The lowest BCUT2D eigenvalue weighted by molar-refractivity contribution is -0.385. The van der Waals surface area contributed by atoms with Gasteiger partial charge in [0.2, 0.25) is 5.91 Å². The number of carbonyl (C=O) groups excluding carboxylic acids is 1. The fourth-order valence-electron chi connectivity index (χ4n) is 2.04. The molecule has 1 aromatic rings. The average Bonchev–Trinajstić information content (AvgIpc) is 2.41. The van der Waals surface area contributed by atoms with Gasteiger partial charge in [-0.1, -0.05) is 0 Å². The zero-order valence-electron chi connectivity index (χ0n) is 11.0. The lowest BCUT2D eigenvalue weighted by Crippen LogP contribution is -2.46. The number of amides is 1. The van der Waals surface area contributed by atoms with Gasteiger partial charge in [-0.3, -0.25) is 24.3 Å². The molecule has 1 saturated heterocycles. The van der Waals surface area contributed by atoms with E-state index in [0.717, 1.165) is 22.9 Å². The first-order chi connectivity index (χ1) is 9.47. The molecule has 1 aliphatic heterocycles. The lowest BCUT2D eigenvalue weighted by atomic mass is 10.3. The second-order valence-corrected chi connectivity index (χ2v) is 4.63. The van der Waals surface area contributed by atoms with E-state index in [2.05, 4.69) is 0 Å². The minimum atomic E-state index is -0.600.